The maximum Gasteiger partial charge on any atom is 0.306 e. The van der Waals surface area contributed by atoms with Gasteiger partial charge in [0.1, 0.15) is 13.2 Å². The fourth-order valence-electron chi connectivity index (χ4n) is 8.52. The van der Waals surface area contributed by atoms with Crippen molar-refractivity contribution in [1.82, 2.24) is 0 Å². The molecule has 0 N–H and O–H groups in total. The average molecular weight is 877 g/mol. The summed E-state index contributed by atoms with van der Waals surface area (Å²) in [4.78, 5) is 38.0. The Kier molecular flexibility index (Phi) is 47.6. The van der Waals surface area contributed by atoms with E-state index >= 15 is 0 Å². The van der Waals surface area contributed by atoms with Gasteiger partial charge >= 0.3 is 17.9 Å². The highest BCUT2D eigenvalue weighted by molar-refractivity contribution is 5.71. The molecule has 0 bridgehead atoms. The molecule has 0 aliphatic rings. The lowest BCUT2D eigenvalue weighted by Crippen LogP contribution is -2.30. The molecule has 0 aliphatic carbocycles. The second-order valence-corrected chi connectivity index (χ2v) is 20.2. The van der Waals surface area contributed by atoms with E-state index in [9.17, 15) is 14.4 Å². The van der Waals surface area contributed by atoms with Crippen molar-refractivity contribution in [2.45, 2.75) is 317 Å². The Labute approximate surface area is 387 Å². The van der Waals surface area contributed by atoms with Crippen molar-refractivity contribution >= 4 is 17.9 Å². The van der Waals surface area contributed by atoms with E-state index in [1.807, 2.05) is 0 Å². The molecule has 368 valence electrons. The molecule has 6 heteroatoms. The summed E-state index contributed by atoms with van der Waals surface area (Å²) in [6.07, 6.45) is 50.9. The maximum absolute atomic E-state index is 12.8. The monoisotopic (exact) mass is 877 g/mol. The Hall–Kier alpha value is -1.59. The van der Waals surface area contributed by atoms with Gasteiger partial charge in [-0.2, -0.15) is 0 Å². The molecule has 0 rings (SSSR count). The van der Waals surface area contributed by atoms with Gasteiger partial charge < -0.3 is 14.2 Å². The first kappa shape index (κ1) is 60.4. The topological polar surface area (TPSA) is 78.9 Å². The number of esters is 3. The third-order valence-electron chi connectivity index (χ3n) is 12.7. The van der Waals surface area contributed by atoms with Crippen LogP contribution in [0.5, 0.6) is 0 Å². The number of ether oxygens (including phenoxy) is 3. The largest absolute Gasteiger partial charge is 0.462 e. The van der Waals surface area contributed by atoms with Gasteiger partial charge in [0.05, 0.1) is 0 Å². The predicted octanol–water partition coefficient (Wildman–Crippen LogP) is 18.1. The molecule has 0 aromatic rings. The summed E-state index contributed by atoms with van der Waals surface area (Å²) in [7, 11) is 0. The summed E-state index contributed by atoms with van der Waals surface area (Å²) in [6, 6.07) is 0. The smallest absolute Gasteiger partial charge is 0.306 e. The molecule has 0 spiro atoms. The molecular formula is C56H108O6. The minimum absolute atomic E-state index is 0.0630. The highest BCUT2D eigenvalue weighted by Crippen LogP contribution is 2.18. The average Bonchev–Trinajstić information content (AvgIpc) is 3.24. The lowest BCUT2D eigenvalue weighted by molar-refractivity contribution is -0.167. The number of rotatable bonds is 50. The van der Waals surface area contributed by atoms with Crippen LogP contribution in [-0.4, -0.2) is 37.2 Å². The van der Waals surface area contributed by atoms with Crippen LogP contribution in [0.1, 0.15) is 311 Å². The first-order valence-electron chi connectivity index (χ1n) is 27.7. The van der Waals surface area contributed by atoms with E-state index in [0.29, 0.717) is 19.3 Å². The first-order valence-corrected chi connectivity index (χ1v) is 27.7. The van der Waals surface area contributed by atoms with Crippen LogP contribution in [0.4, 0.5) is 0 Å². The first-order chi connectivity index (χ1) is 30.2. The third-order valence-corrected chi connectivity index (χ3v) is 12.7. The summed E-state index contributed by atoms with van der Waals surface area (Å²) in [6.45, 7) is 11.4. The Morgan fingerprint density at radius 1 is 0.306 bits per heavy atom. The molecule has 0 radical (unpaired) electrons. The van der Waals surface area contributed by atoms with Crippen molar-refractivity contribution in [2.75, 3.05) is 13.2 Å². The molecular weight excluding hydrogens is 769 g/mol. The Morgan fingerprint density at radius 2 is 0.532 bits per heavy atom. The maximum atomic E-state index is 12.8. The number of hydrogen-bond acceptors (Lipinski definition) is 6. The molecule has 0 saturated carbocycles. The molecule has 0 fully saturated rings. The van der Waals surface area contributed by atoms with Crippen LogP contribution in [0.2, 0.25) is 0 Å². The molecule has 0 aromatic carbocycles. The van der Waals surface area contributed by atoms with Crippen molar-refractivity contribution in [2.24, 2.45) is 11.8 Å². The highest BCUT2D eigenvalue weighted by Gasteiger charge is 2.19. The molecule has 1 atom stereocenters. The van der Waals surface area contributed by atoms with E-state index in [4.69, 9.17) is 14.2 Å². The molecule has 0 heterocycles. The van der Waals surface area contributed by atoms with E-state index < -0.39 is 6.10 Å². The van der Waals surface area contributed by atoms with Gasteiger partial charge in [-0.3, -0.25) is 14.4 Å². The minimum Gasteiger partial charge on any atom is -0.462 e. The SMILES string of the molecule is CCCCCCCCCCCCCCC(=O)OC[C@H](COC(=O)CCCCCCCCCCCCCCCCC(C)C)OC(=O)CCCCCCCCCCCCCCC(C)C. The van der Waals surface area contributed by atoms with E-state index in [0.717, 1.165) is 69.6 Å². The van der Waals surface area contributed by atoms with Crippen LogP contribution < -0.4 is 0 Å². The lowest BCUT2D eigenvalue weighted by atomic mass is 10.0. The van der Waals surface area contributed by atoms with Gasteiger partial charge in [0.2, 0.25) is 0 Å². The number of unbranched alkanes of at least 4 members (excludes halogenated alkanes) is 35. The molecule has 0 aliphatic heterocycles. The van der Waals surface area contributed by atoms with E-state index in [2.05, 4.69) is 34.6 Å². The summed E-state index contributed by atoms with van der Waals surface area (Å²) in [5, 5.41) is 0. The molecule has 0 saturated heterocycles. The van der Waals surface area contributed by atoms with E-state index in [-0.39, 0.29) is 31.1 Å². The highest BCUT2D eigenvalue weighted by atomic mass is 16.6. The van der Waals surface area contributed by atoms with Crippen LogP contribution in [0.3, 0.4) is 0 Å². The zero-order valence-corrected chi connectivity index (χ0v) is 42.5. The second-order valence-electron chi connectivity index (χ2n) is 20.2. The van der Waals surface area contributed by atoms with Gasteiger partial charge in [-0.15, -0.1) is 0 Å². The van der Waals surface area contributed by atoms with Gasteiger partial charge in [0.15, 0.2) is 6.10 Å². The van der Waals surface area contributed by atoms with Crippen molar-refractivity contribution in [3.05, 3.63) is 0 Å². The summed E-state index contributed by atoms with van der Waals surface area (Å²) in [5.41, 5.74) is 0. The summed E-state index contributed by atoms with van der Waals surface area (Å²) in [5.74, 6) is 0.835. The van der Waals surface area contributed by atoms with E-state index in [1.54, 1.807) is 0 Å². The lowest BCUT2D eigenvalue weighted by Gasteiger charge is -2.18. The van der Waals surface area contributed by atoms with Crippen molar-refractivity contribution in [3.63, 3.8) is 0 Å². The van der Waals surface area contributed by atoms with Crippen LogP contribution in [0.15, 0.2) is 0 Å². The second kappa shape index (κ2) is 48.9. The molecule has 6 nitrogen and oxygen atoms in total. The van der Waals surface area contributed by atoms with Crippen molar-refractivity contribution in [1.29, 1.82) is 0 Å². The Morgan fingerprint density at radius 3 is 0.790 bits per heavy atom. The molecule has 0 aromatic heterocycles. The fourth-order valence-corrected chi connectivity index (χ4v) is 8.52. The predicted molar refractivity (Wildman–Crippen MR) is 266 cm³/mol. The van der Waals surface area contributed by atoms with Crippen molar-refractivity contribution < 1.29 is 28.6 Å². The number of carbonyl (C=O) groups is 3. The van der Waals surface area contributed by atoms with Gasteiger partial charge in [-0.1, -0.05) is 272 Å². The quantitative estimate of drug-likeness (QED) is 0.0344. The van der Waals surface area contributed by atoms with Gasteiger partial charge in [-0.25, -0.2) is 0 Å². The standard InChI is InChI=1S/C56H108O6/c1-6-7-8-9-10-11-12-21-26-31-36-41-46-54(57)60-49-53(62-56(59)48-43-38-33-28-23-18-17-20-25-30-35-40-45-52(4)5)50-61-55(58)47-42-37-32-27-22-16-14-13-15-19-24-29-34-39-44-51(2)3/h51-53H,6-50H2,1-5H3/t53-/m1/s1. The zero-order chi connectivity index (χ0) is 45.4. The molecule has 0 amide bonds. The van der Waals surface area contributed by atoms with Crippen LogP contribution in [0.25, 0.3) is 0 Å². The van der Waals surface area contributed by atoms with Gasteiger partial charge in [-0.05, 0) is 31.1 Å². The van der Waals surface area contributed by atoms with E-state index in [1.165, 1.54) is 199 Å². The number of hydrogen-bond donors (Lipinski definition) is 0. The normalized spacial score (nSPS) is 12.0. The Balaban J connectivity index is 4.29. The van der Waals surface area contributed by atoms with Gasteiger partial charge in [0, 0.05) is 19.3 Å². The minimum atomic E-state index is -0.762. The summed E-state index contributed by atoms with van der Waals surface area (Å²) >= 11 is 0. The van der Waals surface area contributed by atoms with Crippen molar-refractivity contribution in [3.8, 4) is 0 Å². The van der Waals surface area contributed by atoms with Crippen LogP contribution in [-0.2, 0) is 28.6 Å². The summed E-state index contributed by atoms with van der Waals surface area (Å²) < 4.78 is 16.9. The fraction of sp³-hybridized carbons (Fsp3) is 0.946. The number of carbonyl (C=O) groups excluding carboxylic acids is 3. The zero-order valence-electron chi connectivity index (χ0n) is 42.5. The van der Waals surface area contributed by atoms with Crippen LogP contribution >= 0.6 is 0 Å². The molecule has 62 heavy (non-hydrogen) atoms. The Bertz CT molecular complexity index is 947. The van der Waals surface area contributed by atoms with Gasteiger partial charge in [0.25, 0.3) is 0 Å². The van der Waals surface area contributed by atoms with Crippen LogP contribution in [0, 0.1) is 11.8 Å². The molecule has 0 unspecified atom stereocenters. The third kappa shape index (κ3) is 49.4.